The first-order valence-electron chi connectivity index (χ1n) is 6.65. The molecule has 1 aromatic rings. The predicted molar refractivity (Wildman–Crippen MR) is 76.4 cm³/mol. The minimum atomic E-state index is -0.264. The molecule has 1 aliphatic carbocycles. The second kappa shape index (κ2) is 5.10. The van der Waals surface area contributed by atoms with Crippen LogP contribution in [0, 0.1) is 0 Å². The fraction of sp³-hybridized carbons (Fsp3) is 0.600. The third kappa shape index (κ3) is 2.36. The van der Waals surface area contributed by atoms with Crippen molar-refractivity contribution >= 4 is 11.6 Å². The number of benzene rings is 1. The largest absolute Gasteiger partial charge is 0.495 e. The molecule has 0 heterocycles. The second-order valence-electron chi connectivity index (χ2n) is 5.60. The van der Waals surface area contributed by atoms with E-state index in [1.54, 1.807) is 7.11 Å². The number of rotatable bonds is 3. The number of methoxy groups -OCH3 is 1. The van der Waals surface area contributed by atoms with Gasteiger partial charge < -0.3 is 10.5 Å². The quantitative estimate of drug-likeness (QED) is 0.891. The van der Waals surface area contributed by atoms with E-state index in [0.29, 0.717) is 10.9 Å². The first-order chi connectivity index (χ1) is 8.48. The van der Waals surface area contributed by atoms with E-state index in [0.717, 1.165) is 24.2 Å². The molecule has 0 spiro atoms. The van der Waals surface area contributed by atoms with Crippen molar-refractivity contribution in [1.29, 1.82) is 0 Å². The molecule has 100 valence electrons. The predicted octanol–water partition coefficient (Wildman–Crippen LogP) is 4.20. The van der Waals surface area contributed by atoms with Crippen LogP contribution in [0.15, 0.2) is 12.1 Å². The molecule has 0 atom stereocenters. The lowest BCUT2D eigenvalue weighted by Crippen LogP contribution is -2.33. The van der Waals surface area contributed by atoms with Crippen LogP contribution in [0.4, 0.5) is 0 Å². The van der Waals surface area contributed by atoms with E-state index in [9.17, 15) is 0 Å². The van der Waals surface area contributed by atoms with E-state index >= 15 is 0 Å². The van der Waals surface area contributed by atoms with Crippen LogP contribution in [-0.4, -0.2) is 7.11 Å². The Morgan fingerprint density at radius 3 is 2.39 bits per heavy atom. The number of hydrogen-bond acceptors (Lipinski definition) is 2. The van der Waals surface area contributed by atoms with Gasteiger partial charge in [0.15, 0.2) is 0 Å². The lowest BCUT2D eigenvalue weighted by atomic mass is 9.86. The molecule has 3 heteroatoms. The maximum absolute atomic E-state index is 6.56. The summed E-state index contributed by atoms with van der Waals surface area (Å²) in [6.07, 6.45) is 4.40. The normalized spacial score (nSPS) is 18.3. The van der Waals surface area contributed by atoms with Crippen LogP contribution in [-0.2, 0) is 5.54 Å². The molecule has 1 aliphatic rings. The Bertz CT molecular complexity index is 436. The van der Waals surface area contributed by atoms with Crippen molar-refractivity contribution < 1.29 is 4.74 Å². The van der Waals surface area contributed by atoms with Gasteiger partial charge in [-0.2, -0.15) is 0 Å². The van der Waals surface area contributed by atoms with Crippen LogP contribution in [0.2, 0.25) is 5.02 Å². The summed E-state index contributed by atoms with van der Waals surface area (Å²) in [6, 6.07) is 4.17. The Kier molecular flexibility index (Phi) is 3.88. The molecular weight excluding hydrogens is 246 g/mol. The molecule has 1 fully saturated rings. The van der Waals surface area contributed by atoms with Crippen LogP contribution in [0.25, 0.3) is 0 Å². The van der Waals surface area contributed by atoms with Gasteiger partial charge in [0.25, 0.3) is 0 Å². The van der Waals surface area contributed by atoms with Crippen LogP contribution in [0.1, 0.15) is 56.6 Å². The fourth-order valence-electron chi connectivity index (χ4n) is 2.80. The summed E-state index contributed by atoms with van der Waals surface area (Å²) in [4.78, 5) is 0. The monoisotopic (exact) mass is 267 g/mol. The molecule has 0 saturated heterocycles. The van der Waals surface area contributed by atoms with Gasteiger partial charge in [0.2, 0.25) is 0 Å². The highest BCUT2D eigenvalue weighted by molar-refractivity contribution is 6.32. The Hall–Kier alpha value is -0.730. The van der Waals surface area contributed by atoms with E-state index in [1.807, 2.05) is 6.07 Å². The Balaban J connectivity index is 2.55. The van der Waals surface area contributed by atoms with Crippen molar-refractivity contribution in [2.45, 2.75) is 51.0 Å². The summed E-state index contributed by atoms with van der Waals surface area (Å²) in [5, 5.41) is 0.676. The van der Waals surface area contributed by atoms with Crippen molar-refractivity contribution in [1.82, 2.24) is 0 Å². The molecule has 2 rings (SSSR count). The Morgan fingerprint density at radius 1 is 1.28 bits per heavy atom. The molecule has 18 heavy (non-hydrogen) atoms. The Morgan fingerprint density at radius 2 is 1.89 bits per heavy atom. The zero-order valence-corrected chi connectivity index (χ0v) is 12.2. The topological polar surface area (TPSA) is 35.2 Å². The SMILES string of the molecule is COc1c(Cl)cc(C(C)C)cc1C1(N)CCCC1. The molecule has 2 nitrogen and oxygen atoms in total. The molecule has 1 saturated carbocycles. The molecule has 0 aliphatic heterocycles. The fourth-order valence-corrected chi connectivity index (χ4v) is 3.11. The smallest absolute Gasteiger partial charge is 0.142 e. The zero-order valence-electron chi connectivity index (χ0n) is 11.4. The second-order valence-corrected chi connectivity index (χ2v) is 6.01. The van der Waals surface area contributed by atoms with Crippen molar-refractivity contribution in [2.24, 2.45) is 5.73 Å². The van der Waals surface area contributed by atoms with Crippen LogP contribution in [0.3, 0.4) is 0 Å². The molecule has 2 N–H and O–H groups in total. The van der Waals surface area contributed by atoms with Gasteiger partial charge in [0, 0.05) is 11.1 Å². The van der Waals surface area contributed by atoms with Gasteiger partial charge >= 0.3 is 0 Å². The molecule has 0 aromatic heterocycles. The highest BCUT2D eigenvalue weighted by atomic mass is 35.5. The summed E-state index contributed by atoms with van der Waals surface area (Å²) in [6.45, 7) is 4.33. The van der Waals surface area contributed by atoms with Gasteiger partial charge in [-0.1, -0.05) is 38.3 Å². The summed E-state index contributed by atoms with van der Waals surface area (Å²) in [7, 11) is 1.66. The van der Waals surface area contributed by atoms with Crippen molar-refractivity contribution in [3.63, 3.8) is 0 Å². The van der Waals surface area contributed by atoms with E-state index in [-0.39, 0.29) is 5.54 Å². The summed E-state index contributed by atoms with van der Waals surface area (Å²) in [5.74, 6) is 1.20. The van der Waals surface area contributed by atoms with Crippen molar-refractivity contribution in [3.8, 4) is 5.75 Å². The van der Waals surface area contributed by atoms with E-state index in [4.69, 9.17) is 22.1 Å². The van der Waals surface area contributed by atoms with Gasteiger partial charge in [-0.25, -0.2) is 0 Å². The lowest BCUT2D eigenvalue weighted by molar-refractivity contribution is 0.379. The maximum Gasteiger partial charge on any atom is 0.142 e. The number of hydrogen-bond donors (Lipinski definition) is 1. The number of ether oxygens (including phenoxy) is 1. The first-order valence-corrected chi connectivity index (χ1v) is 7.02. The third-order valence-electron chi connectivity index (χ3n) is 3.97. The summed E-state index contributed by atoms with van der Waals surface area (Å²) in [5.41, 5.74) is 8.60. The highest BCUT2D eigenvalue weighted by Gasteiger charge is 2.35. The first kappa shape index (κ1) is 13.7. The van der Waals surface area contributed by atoms with Gasteiger partial charge in [0.1, 0.15) is 5.75 Å². The maximum atomic E-state index is 6.56. The van der Waals surface area contributed by atoms with E-state index in [2.05, 4.69) is 19.9 Å². The zero-order chi connectivity index (χ0) is 13.3. The number of nitrogens with two attached hydrogens (primary N) is 1. The van der Waals surface area contributed by atoms with Crippen LogP contribution >= 0.6 is 11.6 Å². The molecular formula is C15H22ClNO. The molecule has 0 unspecified atom stereocenters. The molecule has 0 bridgehead atoms. The van der Waals surface area contributed by atoms with Gasteiger partial charge in [-0.3, -0.25) is 0 Å². The minimum Gasteiger partial charge on any atom is -0.495 e. The lowest BCUT2D eigenvalue weighted by Gasteiger charge is -2.28. The highest BCUT2D eigenvalue weighted by Crippen LogP contribution is 2.44. The van der Waals surface area contributed by atoms with Crippen LogP contribution < -0.4 is 10.5 Å². The minimum absolute atomic E-state index is 0.264. The summed E-state index contributed by atoms with van der Waals surface area (Å²) < 4.78 is 5.48. The van der Waals surface area contributed by atoms with Crippen molar-refractivity contribution in [3.05, 3.63) is 28.3 Å². The molecule has 0 radical (unpaired) electrons. The van der Waals surface area contributed by atoms with Gasteiger partial charge in [0.05, 0.1) is 12.1 Å². The third-order valence-corrected chi connectivity index (χ3v) is 4.25. The number of halogens is 1. The summed E-state index contributed by atoms with van der Waals surface area (Å²) >= 11 is 6.34. The van der Waals surface area contributed by atoms with E-state index in [1.165, 1.54) is 18.4 Å². The van der Waals surface area contributed by atoms with Crippen LogP contribution in [0.5, 0.6) is 5.75 Å². The molecule has 1 aromatic carbocycles. The molecule has 0 amide bonds. The van der Waals surface area contributed by atoms with Gasteiger partial charge in [-0.05, 0) is 36.5 Å². The average molecular weight is 268 g/mol. The standard InChI is InChI=1S/C15H22ClNO/c1-10(2)11-8-12(14(18-3)13(16)9-11)15(17)6-4-5-7-15/h8-10H,4-7,17H2,1-3H3. The average Bonchev–Trinajstić information content (AvgIpc) is 2.76. The van der Waals surface area contributed by atoms with Crippen molar-refractivity contribution in [2.75, 3.05) is 7.11 Å². The van der Waals surface area contributed by atoms with Gasteiger partial charge in [-0.15, -0.1) is 0 Å². The van der Waals surface area contributed by atoms with E-state index < -0.39 is 0 Å². The Labute approximate surface area is 114 Å².